The predicted octanol–water partition coefficient (Wildman–Crippen LogP) is 5.97. The number of alkyl halides is 3. The highest BCUT2D eigenvalue weighted by Crippen LogP contribution is 2.33. The molecule has 0 aliphatic rings. The number of para-hydroxylation sites is 1. The number of aryl methyl sites for hydroxylation is 2. The highest BCUT2D eigenvalue weighted by molar-refractivity contribution is 7.93. The van der Waals surface area contributed by atoms with Gasteiger partial charge in [0, 0.05) is 23.2 Å². The lowest BCUT2D eigenvalue weighted by Gasteiger charge is -2.15. The summed E-state index contributed by atoms with van der Waals surface area (Å²) in [5.41, 5.74) is -1.61. The van der Waals surface area contributed by atoms with Gasteiger partial charge in [0.1, 0.15) is 5.65 Å². The number of nitrogens with one attached hydrogen (secondary N) is 1. The predicted molar refractivity (Wildman–Crippen MR) is 135 cm³/mol. The summed E-state index contributed by atoms with van der Waals surface area (Å²) in [6, 6.07) is 16.4. The first-order valence-corrected chi connectivity index (χ1v) is 12.9. The number of aromatic carboxylic acids is 1. The van der Waals surface area contributed by atoms with Crippen LogP contribution in [0.25, 0.3) is 22.2 Å². The number of anilines is 1. The minimum absolute atomic E-state index is 0.0411. The number of aromatic nitrogens is 2. The maximum absolute atomic E-state index is 12.9. The van der Waals surface area contributed by atoms with Crippen LogP contribution in [0.3, 0.4) is 0 Å². The number of hydrogen-bond donors (Lipinski definition) is 2. The third-order valence-corrected chi connectivity index (χ3v) is 7.06. The normalized spacial score (nSPS) is 12.1. The third kappa shape index (κ3) is 5.31. The Balaban J connectivity index is 1.69. The summed E-state index contributed by atoms with van der Waals surface area (Å²) >= 11 is 0. The fourth-order valence-electron chi connectivity index (χ4n) is 4.18. The van der Waals surface area contributed by atoms with Gasteiger partial charge in [0.15, 0.2) is 5.69 Å². The van der Waals surface area contributed by atoms with Crippen LogP contribution < -0.4 is 4.72 Å². The van der Waals surface area contributed by atoms with Gasteiger partial charge in [0.2, 0.25) is 0 Å². The second kappa shape index (κ2) is 9.89. The molecule has 0 fully saturated rings. The minimum atomic E-state index is -5.57. The second-order valence-corrected chi connectivity index (χ2v) is 10.3. The summed E-state index contributed by atoms with van der Waals surface area (Å²) in [5.74, 6) is -1.11. The highest BCUT2D eigenvalue weighted by atomic mass is 32.2. The van der Waals surface area contributed by atoms with Crippen LogP contribution in [0.2, 0.25) is 0 Å². The molecule has 4 rings (SSSR count). The lowest BCUT2D eigenvalue weighted by Crippen LogP contribution is -2.30. The molecular weight excluding hydrogens is 507 g/mol. The molecule has 194 valence electrons. The summed E-state index contributed by atoms with van der Waals surface area (Å²) in [4.78, 5) is 15.9. The Labute approximate surface area is 211 Å². The fraction of sp³-hybridized carbons (Fsp3) is 0.231. The van der Waals surface area contributed by atoms with E-state index < -0.39 is 21.5 Å². The SMILES string of the molecule is CCCc1cc2c(C)cc(C(=O)O)nc2n1Cc1ccc(-c2ccccc2NS(=O)(=O)C(F)(F)F)cc1. The molecule has 0 atom stereocenters. The van der Waals surface area contributed by atoms with Crippen LogP contribution in [0.5, 0.6) is 0 Å². The lowest BCUT2D eigenvalue weighted by atomic mass is 10.0. The number of pyridine rings is 1. The van der Waals surface area contributed by atoms with E-state index >= 15 is 0 Å². The maximum atomic E-state index is 12.9. The molecule has 0 spiro atoms. The quantitative estimate of drug-likeness (QED) is 0.292. The molecule has 2 aromatic heterocycles. The number of nitrogens with zero attached hydrogens (tertiary/aromatic N) is 2. The molecule has 0 bridgehead atoms. The molecule has 4 aromatic rings. The molecule has 0 saturated heterocycles. The first kappa shape index (κ1) is 26.2. The Morgan fingerprint density at radius 3 is 2.38 bits per heavy atom. The molecule has 0 amide bonds. The third-order valence-electron chi connectivity index (χ3n) is 5.97. The van der Waals surface area contributed by atoms with Crippen molar-refractivity contribution in [3.05, 3.63) is 83.2 Å². The van der Waals surface area contributed by atoms with Crippen molar-refractivity contribution < 1.29 is 31.5 Å². The summed E-state index contributed by atoms with van der Waals surface area (Å²) < 4.78 is 65.5. The Morgan fingerprint density at radius 1 is 1.08 bits per heavy atom. The number of carboxylic acid groups (broad SMARTS) is 1. The van der Waals surface area contributed by atoms with Crippen molar-refractivity contribution in [1.82, 2.24) is 9.55 Å². The standard InChI is InChI=1S/C26H24F3N3O4S/c1-3-6-19-14-21-16(2)13-23(25(33)34)30-24(21)32(19)15-17-9-11-18(12-10-17)20-7-4-5-8-22(20)31-37(35,36)26(27,28)29/h4-5,7-14,31H,3,6,15H2,1-2H3,(H,33,34). The first-order valence-electron chi connectivity index (χ1n) is 11.4. The number of halogens is 3. The van der Waals surface area contributed by atoms with Gasteiger partial charge in [0.25, 0.3) is 0 Å². The molecule has 11 heteroatoms. The lowest BCUT2D eigenvalue weighted by molar-refractivity contribution is -0.0429. The molecule has 7 nitrogen and oxygen atoms in total. The van der Waals surface area contributed by atoms with Crippen LogP contribution in [-0.2, 0) is 23.0 Å². The van der Waals surface area contributed by atoms with Crippen molar-refractivity contribution in [2.45, 2.75) is 38.7 Å². The Morgan fingerprint density at radius 2 is 1.76 bits per heavy atom. The van der Waals surface area contributed by atoms with E-state index in [-0.39, 0.29) is 11.4 Å². The molecule has 0 saturated carbocycles. The van der Waals surface area contributed by atoms with Crippen LogP contribution in [0.4, 0.5) is 18.9 Å². The number of carboxylic acids is 1. The number of fused-ring (bicyclic) bond motifs is 1. The highest BCUT2D eigenvalue weighted by Gasteiger charge is 2.46. The van der Waals surface area contributed by atoms with E-state index in [9.17, 15) is 31.5 Å². The van der Waals surface area contributed by atoms with Crippen LogP contribution in [0, 0.1) is 6.92 Å². The van der Waals surface area contributed by atoms with Crippen LogP contribution in [-0.4, -0.2) is 34.6 Å². The average molecular weight is 532 g/mol. The first-order chi connectivity index (χ1) is 17.4. The van der Waals surface area contributed by atoms with Gasteiger partial charge >= 0.3 is 21.5 Å². The van der Waals surface area contributed by atoms with E-state index in [1.165, 1.54) is 18.2 Å². The number of sulfonamides is 1. The number of rotatable bonds is 8. The van der Waals surface area contributed by atoms with Gasteiger partial charge in [-0.1, -0.05) is 55.8 Å². The van der Waals surface area contributed by atoms with Gasteiger partial charge in [-0.3, -0.25) is 4.72 Å². The molecular formula is C26H24F3N3O4S. The zero-order valence-electron chi connectivity index (χ0n) is 20.0. The smallest absolute Gasteiger partial charge is 0.477 e. The van der Waals surface area contributed by atoms with E-state index in [1.807, 2.05) is 24.5 Å². The van der Waals surface area contributed by atoms with Crippen molar-refractivity contribution in [2.75, 3.05) is 4.72 Å². The van der Waals surface area contributed by atoms with Gasteiger partial charge in [-0.2, -0.15) is 21.6 Å². The van der Waals surface area contributed by atoms with E-state index in [0.29, 0.717) is 23.3 Å². The van der Waals surface area contributed by atoms with Gasteiger partial charge in [-0.25, -0.2) is 9.78 Å². The van der Waals surface area contributed by atoms with E-state index in [2.05, 4.69) is 4.98 Å². The van der Waals surface area contributed by atoms with E-state index in [1.54, 1.807) is 41.1 Å². The molecule has 37 heavy (non-hydrogen) atoms. The van der Waals surface area contributed by atoms with Crippen molar-refractivity contribution in [3.8, 4) is 11.1 Å². The molecule has 2 N–H and O–H groups in total. The van der Waals surface area contributed by atoms with E-state index in [0.717, 1.165) is 35.0 Å². The van der Waals surface area contributed by atoms with Gasteiger partial charge in [-0.05, 0) is 48.2 Å². The summed E-state index contributed by atoms with van der Waals surface area (Å²) in [6.45, 7) is 4.29. The molecule has 0 unspecified atom stereocenters. The Bertz CT molecular complexity index is 1580. The zero-order valence-corrected chi connectivity index (χ0v) is 20.8. The van der Waals surface area contributed by atoms with Crippen molar-refractivity contribution in [1.29, 1.82) is 0 Å². The van der Waals surface area contributed by atoms with Crippen molar-refractivity contribution in [3.63, 3.8) is 0 Å². The summed E-state index contributed by atoms with van der Waals surface area (Å²) in [5, 5.41) is 10.3. The maximum Gasteiger partial charge on any atom is 0.516 e. The second-order valence-electron chi connectivity index (χ2n) is 8.63. The monoisotopic (exact) mass is 531 g/mol. The topological polar surface area (TPSA) is 101 Å². The Hall–Kier alpha value is -3.86. The fourth-order valence-corrected chi connectivity index (χ4v) is 4.76. The van der Waals surface area contributed by atoms with Crippen molar-refractivity contribution >= 4 is 32.7 Å². The Kier molecular flexibility index (Phi) is 7.00. The molecule has 0 aliphatic carbocycles. The van der Waals surface area contributed by atoms with Gasteiger partial charge in [0.05, 0.1) is 5.69 Å². The van der Waals surface area contributed by atoms with Crippen molar-refractivity contribution in [2.24, 2.45) is 0 Å². The minimum Gasteiger partial charge on any atom is -0.477 e. The summed E-state index contributed by atoms with van der Waals surface area (Å²) in [6.07, 6.45) is 1.65. The molecule has 2 aromatic carbocycles. The summed E-state index contributed by atoms with van der Waals surface area (Å²) in [7, 11) is -5.57. The molecule has 0 radical (unpaired) electrons. The van der Waals surface area contributed by atoms with Crippen LogP contribution in [0.1, 0.15) is 40.7 Å². The van der Waals surface area contributed by atoms with Gasteiger partial charge in [-0.15, -0.1) is 0 Å². The van der Waals surface area contributed by atoms with Crippen LogP contribution in [0.15, 0.2) is 60.7 Å². The van der Waals surface area contributed by atoms with Crippen LogP contribution >= 0.6 is 0 Å². The molecule has 0 aliphatic heterocycles. The largest absolute Gasteiger partial charge is 0.516 e. The zero-order chi connectivity index (χ0) is 27.0. The van der Waals surface area contributed by atoms with E-state index in [4.69, 9.17) is 0 Å². The average Bonchev–Trinajstić information content (AvgIpc) is 3.17. The number of carbonyl (C=O) groups is 1. The number of hydrogen-bond acceptors (Lipinski definition) is 4. The molecule has 2 heterocycles. The van der Waals surface area contributed by atoms with Gasteiger partial charge < -0.3 is 9.67 Å². The number of benzene rings is 2.